The van der Waals surface area contributed by atoms with Gasteiger partial charge in [-0.2, -0.15) is 0 Å². The SMILES string of the molecule is C[C@H](N)c1ccc(Sc2ccc(Cl)cn2)c(Cl)c1. The molecule has 0 bridgehead atoms. The van der Waals surface area contributed by atoms with Gasteiger partial charge in [-0.05, 0) is 36.8 Å². The highest BCUT2D eigenvalue weighted by Crippen LogP contribution is 2.33. The maximum atomic E-state index is 6.22. The Morgan fingerprint density at radius 1 is 1.22 bits per heavy atom. The van der Waals surface area contributed by atoms with Gasteiger partial charge in [0.15, 0.2) is 0 Å². The van der Waals surface area contributed by atoms with E-state index >= 15 is 0 Å². The van der Waals surface area contributed by atoms with Crippen LogP contribution in [0.2, 0.25) is 10.0 Å². The largest absolute Gasteiger partial charge is 0.324 e. The molecule has 0 aliphatic rings. The van der Waals surface area contributed by atoms with E-state index in [0.29, 0.717) is 10.0 Å². The molecule has 0 saturated carbocycles. The van der Waals surface area contributed by atoms with Crippen LogP contribution >= 0.6 is 35.0 Å². The van der Waals surface area contributed by atoms with E-state index in [0.717, 1.165) is 15.5 Å². The van der Waals surface area contributed by atoms with Gasteiger partial charge in [0.1, 0.15) is 5.03 Å². The highest BCUT2D eigenvalue weighted by Gasteiger charge is 2.07. The van der Waals surface area contributed by atoms with Gasteiger partial charge in [0.05, 0.1) is 10.0 Å². The summed E-state index contributed by atoms with van der Waals surface area (Å²) in [5.74, 6) is 0. The Morgan fingerprint density at radius 2 is 2.00 bits per heavy atom. The zero-order chi connectivity index (χ0) is 13.1. The van der Waals surface area contributed by atoms with Gasteiger partial charge < -0.3 is 5.73 Å². The van der Waals surface area contributed by atoms with Gasteiger partial charge in [0, 0.05) is 17.1 Å². The lowest BCUT2D eigenvalue weighted by atomic mass is 10.1. The van der Waals surface area contributed by atoms with Crippen LogP contribution in [0.25, 0.3) is 0 Å². The third-order valence-electron chi connectivity index (χ3n) is 2.40. The number of halogens is 2. The molecule has 0 spiro atoms. The summed E-state index contributed by atoms with van der Waals surface area (Å²) in [6.45, 7) is 1.93. The monoisotopic (exact) mass is 298 g/mol. The molecule has 1 aromatic heterocycles. The third-order valence-corrected chi connectivity index (χ3v) is 4.07. The summed E-state index contributed by atoms with van der Waals surface area (Å²) in [5.41, 5.74) is 6.83. The zero-order valence-electron chi connectivity index (χ0n) is 9.73. The Kier molecular flexibility index (Phi) is 4.51. The maximum Gasteiger partial charge on any atom is 0.101 e. The van der Waals surface area contributed by atoms with Crippen LogP contribution in [0.15, 0.2) is 46.5 Å². The van der Waals surface area contributed by atoms with Crippen molar-refractivity contribution < 1.29 is 0 Å². The average molecular weight is 299 g/mol. The first-order valence-corrected chi connectivity index (χ1v) is 6.98. The minimum atomic E-state index is -0.0183. The van der Waals surface area contributed by atoms with Crippen LogP contribution in [0, 0.1) is 0 Å². The topological polar surface area (TPSA) is 38.9 Å². The van der Waals surface area contributed by atoms with Crippen LogP contribution in [0.4, 0.5) is 0 Å². The molecule has 18 heavy (non-hydrogen) atoms. The van der Waals surface area contributed by atoms with Crippen molar-refractivity contribution in [3.8, 4) is 0 Å². The third kappa shape index (κ3) is 3.39. The quantitative estimate of drug-likeness (QED) is 0.903. The van der Waals surface area contributed by atoms with Gasteiger partial charge in [-0.25, -0.2) is 4.98 Å². The normalized spacial score (nSPS) is 12.4. The van der Waals surface area contributed by atoms with Gasteiger partial charge in [-0.1, -0.05) is 41.0 Å². The van der Waals surface area contributed by atoms with E-state index in [1.54, 1.807) is 12.3 Å². The summed E-state index contributed by atoms with van der Waals surface area (Å²) < 4.78 is 0. The van der Waals surface area contributed by atoms with Gasteiger partial charge >= 0.3 is 0 Å². The number of hydrogen-bond acceptors (Lipinski definition) is 3. The van der Waals surface area contributed by atoms with Crippen LogP contribution < -0.4 is 5.73 Å². The lowest BCUT2D eigenvalue weighted by molar-refractivity contribution is 0.817. The predicted octanol–water partition coefficient (Wildman–Crippen LogP) is 4.56. The summed E-state index contributed by atoms with van der Waals surface area (Å²) in [6, 6.07) is 9.49. The van der Waals surface area contributed by atoms with Crippen LogP contribution in [-0.4, -0.2) is 4.98 Å². The molecule has 5 heteroatoms. The summed E-state index contributed by atoms with van der Waals surface area (Å²) >= 11 is 13.5. The van der Waals surface area contributed by atoms with E-state index in [1.165, 1.54) is 11.8 Å². The summed E-state index contributed by atoms with van der Waals surface area (Å²) in [7, 11) is 0. The van der Waals surface area contributed by atoms with Crippen molar-refractivity contribution in [2.75, 3.05) is 0 Å². The molecule has 1 atom stereocenters. The average Bonchev–Trinajstić information content (AvgIpc) is 2.34. The van der Waals surface area contributed by atoms with Crippen LogP contribution in [-0.2, 0) is 0 Å². The molecule has 0 radical (unpaired) electrons. The van der Waals surface area contributed by atoms with E-state index in [2.05, 4.69) is 4.98 Å². The van der Waals surface area contributed by atoms with Crippen molar-refractivity contribution in [2.45, 2.75) is 22.9 Å². The molecule has 2 aromatic rings. The molecular formula is C13H12Cl2N2S. The summed E-state index contributed by atoms with van der Waals surface area (Å²) in [6.07, 6.45) is 1.62. The van der Waals surface area contributed by atoms with Crippen molar-refractivity contribution in [3.63, 3.8) is 0 Å². The number of benzene rings is 1. The fourth-order valence-electron chi connectivity index (χ4n) is 1.42. The summed E-state index contributed by atoms with van der Waals surface area (Å²) in [5, 5.41) is 2.17. The van der Waals surface area contributed by atoms with E-state index in [4.69, 9.17) is 28.9 Å². The number of nitrogens with two attached hydrogens (primary N) is 1. The fraction of sp³-hybridized carbons (Fsp3) is 0.154. The molecule has 0 saturated heterocycles. The van der Waals surface area contributed by atoms with E-state index in [1.807, 2.05) is 31.2 Å². The molecule has 94 valence electrons. The Labute approximate surface area is 121 Å². The second kappa shape index (κ2) is 5.93. The number of aromatic nitrogens is 1. The van der Waals surface area contributed by atoms with Crippen molar-refractivity contribution in [3.05, 3.63) is 52.1 Å². The molecule has 0 amide bonds. The molecule has 0 unspecified atom stereocenters. The molecule has 1 aromatic carbocycles. The molecule has 0 fully saturated rings. The highest BCUT2D eigenvalue weighted by atomic mass is 35.5. The number of pyridine rings is 1. The molecule has 2 rings (SSSR count). The first-order chi connectivity index (χ1) is 8.56. The first kappa shape index (κ1) is 13.7. The van der Waals surface area contributed by atoms with Gasteiger partial charge in [-0.15, -0.1) is 0 Å². The first-order valence-electron chi connectivity index (χ1n) is 5.40. The summed E-state index contributed by atoms with van der Waals surface area (Å²) in [4.78, 5) is 5.17. The van der Waals surface area contributed by atoms with Crippen LogP contribution in [0.1, 0.15) is 18.5 Å². The Morgan fingerprint density at radius 3 is 2.56 bits per heavy atom. The minimum Gasteiger partial charge on any atom is -0.324 e. The zero-order valence-corrected chi connectivity index (χ0v) is 12.1. The molecule has 2 nitrogen and oxygen atoms in total. The Hall–Kier alpha value is -0.740. The number of rotatable bonds is 3. The maximum absolute atomic E-state index is 6.22. The molecule has 0 aliphatic heterocycles. The van der Waals surface area contributed by atoms with Crippen LogP contribution in [0.5, 0.6) is 0 Å². The van der Waals surface area contributed by atoms with Crippen molar-refractivity contribution in [2.24, 2.45) is 5.73 Å². The number of hydrogen-bond donors (Lipinski definition) is 1. The lowest BCUT2D eigenvalue weighted by Crippen LogP contribution is -2.04. The molecule has 1 heterocycles. The number of nitrogens with zero attached hydrogens (tertiary/aromatic N) is 1. The smallest absolute Gasteiger partial charge is 0.101 e. The van der Waals surface area contributed by atoms with Crippen molar-refractivity contribution in [1.82, 2.24) is 4.98 Å². The predicted molar refractivity (Wildman–Crippen MR) is 77.4 cm³/mol. The second-order valence-corrected chi connectivity index (χ2v) is 5.80. The Bertz CT molecular complexity index is 541. The Balaban J connectivity index is 2.22. The molecule has 0 aliphatic carbocycles. The second-order valence-electron chi connectivity index (χ2n) is 3.90. The van der Waals surface area contributed by atoms with Gasteiger partial charge in [0.25, 0.3) is 0 Å². The standard InChI is InChI=1S/C13H12Cl2N2S/c1-8(16)9-2-4-12(11(15)6-9)18-13-5-3-10(14)7-17-13/h2-8H,16H2,1H3/t8-/m0/s1. The van der Waals surface area contributed by atoms with E-state index in [-0.39, 0.29) is 6.04 Å². The minimum absolute atomic E-state index is 0.0183. The van der Waals surface area contributed by atoms with Gasteiger partial charge in [0.2, 0.25) is 0 Å². The van der Waals surface area contributed by atoms with Crippen molar-refractivity contribution >= 4 is 35.0 Å². The lowest BCUT2D eigenvalue weighted by Gasteiger charge is -2.09. The van der Waals surface area contributed by atoms with E-state index in [9.17, 15) is 0 Å². The van der Waals surface area contributed by atoms with Crippen molar-refractivity contribution in [1.29, 1.82) is 0 Å². The fourth-order valence-corrected chi connectivity index (χ4v) is 2.59. The molecule has 2 N–H and O–H groups in total. The van der Waals surface area contributed by atoms with Crippen LogP contribution in [0.3, 0.4) is 0 Å². The van der Waals surface area contributed by atoms with Gasteiger partial charge in [-0.3, -0.25) is 0 Å². The molecular weight excluding hydrogens is 287 g/mol. The highest BCUT2D eigenvalue weighted by molar-refractivity contribution is 7.99. The van der Waals surface area contributed by atoms with E-state index < -0.39 is 0 Å².